The van der Waals surface area contributed by atoms with Gasteiger partial charge in [0.2, 0.25) is 0 Å². The van der Waals surface area contributed by atoms with Crippen LogP contribution < -0.4 is 14.8 Å². The summed E-state index contributed by atoms with van der Waals surface area (Å²) in [6.45, 7) is 3.10. The van der Waals surface area contributed by atoms with E-state index in [0.29, 0.717) is 11.5 Å². The van der Waals surface area contributed by atoms with Crippen molar-refractivity contribution in [3.05, 3.63) is 23.8 Å². The third-order valence-electron chi connectivity index (χ3n) is 3.50. The normalized spacial score (nSPS) is 16.3. The lowest BCUT2D eigenvalue weighted by Crippen LogP contribution is -2.45. The van der Waals surface area contributed by atoms with Crippen LogP contribution in [0.3, 0.4) is 0 Å². The molecule has 1 heterocycles. The Balaban J connectivity index is 0.00000200. The van der Waals surface area contributed by atoms with Crippen molar-refractivity contribution < 1.29 is 13.9 Å². The number of hydrogen-bond donors (Lipinski definition) is 1. The molecule has 0 aliphatic carbocycles. The third kappa shape index (κ3) is 5.18. The first-order chi connectivity index (χ1) is 9.28. The smallest absolute Gasteiger partial charge is 0.122 e. The molecule has 1 N–H and O–H groups in total. The zero-order chi connectivity index (χ0) is 13.7. The summed E-state index contributed by atoms with van der Waals surface area (Å²) >= 11 is 0. The largest absolute Gasteiger partial charge is 0.497 e. The Hall–Kier alpha value is -0.750. The Morgan fingerprint density at radius 1 is 1.10 bits per heavy atom. The second-order valence-corrected chi connectivity index (χ2v) is 4.60. The van der Waals surface area contributed by atoms with Gasteiger partial charge in [0.15, 0.2) is 0 Å². The third-order valence-corrected chi connectivity index (χ3v) is 3.50. The van der Waals surface area contributed by atoms with E-state index in [2.05, 4.69) is 10.2 Å². The summed E-state index contributed by atoms with van der Waals surface area (Å²) in [5.41, 5.74) is 0.903. The van der Waals surface area contributed by atoms with Crippen molar-refractivity contribution in [2.24, 2.45) is 0 Å². The molecule has 4 nitrogen and oxygen atoms in total. The Morgan fingerprint density at radius 2 is 1.62 bits per heavy atom. The molecule has 0 radical (unpaired) electrons. The van der Waals surface area contributed by atoms with Crippen LogP contribution in [-0.4, -0.2) is 52.0 Å². The van der Waals surface area contributed by atoms with Gasteiger partial charge in [-0.05, 0) is 17.7 Å². The number of hydrogen-bond acceptors (Lipinski definition) is 4. The molecular weight excluding hydrogens is 318 g/mol. The summed E-state index contributed by atoms with van der Waals surface area (Å²) in [6, 6.07) is 5.34. The Bertz CT molecular complexity index is 396. The fourth-order valence-corrected chi connectivity index (χ4v) is 2.41. The van der Waals surface area contributed by atoms with Gasteiger partial charge in [-0.15, -0.1) is 24.8 Å². The molecule has 0 aromatic heterocycles. The van der Waals surface area contributed by atoms with Gasteiger partial charge >= 0.3 is 0 Å². The second kappa shape index (κ2) is 10.1. The maximum atomic E-state index is 13.5. The van der Waals surface area contributed by atoms with E-state index in [9.17, 15) is 4.39 Å². The van der Waals surface area contributed by atoms with Gasteiger partial charge in [0.1, 0.15) is 18.2 Å². The lowest BCUT2D eigenvalue weighted by atomic mass is 10.0. The predicted octanol–water partition coefficient (Wildman–Crippen LogP) is 2.46. The number of nitrogens with one attached hydrogen (secondary N) is 1. The van der Waals surface area contributed by atoms with Crippen molar-refractivity contribution in [2.45, 2.75) is 6.04 Å². The Labute approximate surface area is 137 Å². The maximum absolute atomic E-state index is 13.5. The molecule has 0 unspecified atom stereocenters. The average molecular weight is 341 g/mol. The molecule has 0 bridgehead atoms. The van der Waals surface area contributed by atoms with Gasteiger partial charge in [0, 0.05) is 32.2 Å². The molecule has 2 rings (SSSR count). The number of methoxy groups -OCH3 is 2. The number of rotatable bonds is 5. The highest BCUT2D eigenvalue weighted by atomic mass is 35.5. The summed E-state index contributed by atoms with van der Waals surface area (Å²) in [5.74, 6) is 1.39. The molecule has 1 fully saturated rings. The molecule has 1 aliphatic rings. The molecule has 1 aromatic carbocycles. The summed E-state index contributed by atoms with van der Waals surface area (Å²) in [5, 5.41) is 3.28. The van der Waals surface area contributed by atoms with Gasteiger partial charge < -0.3 is 14.8 Å². The van der Waals surface area contributed by atoms with Gasteiger partial charge in [0.05, 0.1) is 20.3 Å². The lowest BCUT2D eigenvalue weighted by Gasteiger charge is -2.33. The van der Waals surface area contributed by atoms with Crippen molar-refractivity contribution in [2.75, 3.05) is 47.1 Å². The fraction of sp³-hybridized carbons (Fsp3) is 0.571. The molecule has 7 heteroatoms. The van der Waals surface area contributed by atoms with E-state index < -0.39 is 6.67 Å². The summed E-state index contributed by atoms with van der Waals surface area (Å²) in [4.78, 5) is 2.16. The van der Waals surface area contributed by atoms with Crippen molar-refractivity contribution in [3.8, 4) is 11.5 Å². The molecule has 0 amide bonds. The summed E-state index contributed by atoms with van der Waals surface area (Å²) < 4.78 is 23.9. The highest BCUT2D eigenvalue weighted by molar-refractivity contribution is 5.85. The topological polar surface area (TPSA) is 33.7 Å². The minimum atomic E-state index is -0.406. The first-order valence-electron chi connectivity index (χ1n) is 6.52. The SMILES string of the molecule is COc1cc(OC)cc([C@@H](CF)N2CCNCC2)c1.Cl.Cl. The number of nitrogens with zero attached hydrogens (tertiary/aromatic N) is 1. The maximum Gasteiger partial charge on any atom is 0.122 e. The van der Waals surface area contributed by atoms with Crippen molar-refractivity contribution >= 4 is 24.8 Å². The lowest BCUT2D eigenvalue weighted by molar-refractivity contribution is 0.147. The monoisotopic (exact) mass is 340 g/mol. The number of halogens is 3. The van der Waals surface area contributed by atoms with Crippen LogP contribution in [0.2, 0.25) is 0 Å². The van der Waals surface area contributed by atoms with Crippen LogP contribution in [0, 0.1) is 0 Å². The molecule has 1 atom stereocenters. The minimum Gasteiger partial charge on any atom is -0.497 e. The molecule has 0 saturated carbocycles. The second-order valence-electron chi connectivity index (χ2n) is 4.60. The van der Waals surface area contributed by atoms with Gasteiger partial charge in [-0.1, -0.05) is 0 Å². The van der Waals surface area contributed by atoms with E-state index in [4.69, 9.17) is 9.47 Å². The van der Waals surface area contributed by atoms with Gasteiger partial charge in [-0.3, -0.25) is 4.90 Å². The Kier molecular flexibility index (Phi) is 9.70. The van der Waals surface area contributed by atoms with Crippen LogP contribution >= 0.6 is 24.8 Å². The van der Waals surface area contributed by atoms with Crippen LogP contribution in [0.5, 0.6) is 11.5 Å². The van der Waals surface area contributed by atoms with Crippen LogP contribution in [0.25, 0.3) is 0 Å². The number of piperazine rings is 1. The molecule has 0 spiro atoms. The van der Waals surface area contributed by atoms with Crippen LogP contribution in [0.1, 0.15) is 11.6 Å². The standard InChI is InChI=1S/C14H21FN2O2.2ClH/c1-18-12-7-11(8-13(9-12)19-2)14(10-15)17-5-3-16-4-6-17;;/h7-9,14,16H,3-6,10H2,1-2H3;2*1H/t14-;;/m1../s1. The minimum absolute atomic E-state index is 0. The highest BCUT2D eigenvalue weighted by Crippen LogP contribution is 2.30. The predicted molar refractivity (Wildman–Crippen MR) is 87.2 cm³/mol. The van der Waals surface area contributed by atoms with Gasteiger partial charge in [0.25, 0.3) is 0 Å². The zero-order valence-electron chi connectivity index (χ0n) is 12.3. The molecule has 1 aliphatic heterocycles. The van der Waals surface area contributed by atoms with Crippen LogP contribution in [0.15, 0.2) is 18.2 Å². The number of benzene rings is 1. The van der Waals surface area contributed by atoms with E-state index in [1.165, 1.54) is 0 Å². The Morgan fingerprint density at radius 3 is 2.05 bits per heavy atom. The highest BCUT2D eigenvalue weighted by Gasteiger charge is 2.23. The molecular formula is C14H23Cl2FN2O2. The van der Waals surface area contributed by atoms with Gasteiger partial charge in [-0.2, -0.15) is 0 Å². The number of alkyl halides is 1. The van der Waals surface area contributed by atoms with E-state index in [1.54, 1.807) is 20.3 Å². The van der Waals surface area contributed by atoms with Crippen molar-refractivity contribution in [1.82, 2.24) is 10.2 Å². The summed E-state index contributed by atoms with van der Waals surface area (Å²) in [6.07, 6.45) is 0. The first kappa shape index (κ1) is 20.2. The van der Waals surface area contributed by atoms with E-state index in [1.807, 2.05) is 12.1 Å². The number of ether oxygens (including phenoxy) is 2. The first-order valence-corrected chi connectivity index (χ1v) is 6.52. The molecule has 122 valence electrons. The van der Waals surface area contributed by atoms with Crippen LogP contribution in [-0.2, 0) is 0 Å². The quantitative estimate of drug-likeness (QED) is 0.892. The van der Waals surface area contributed by atoms with E-state index in [-0.39, 0.29) is 30.9 Å². The molecule has 1 aromatic rings. The van der Waals surface area contributed by atoms with Crippen molar-refractivity contribution in [3.63, 3.8) is 0 Å². The van der Waals surface area contributed by atoms with E-state index >= 15 is 0 Å². The van der Waals surface area contributed by atoms with Crippen molar-refractivity contribution in [1.29, 1.82) is 0 Å². The zero-order valence-corrected chi connectivity index (χ0v) is 13.9. The van der Waals surface area contributed by atoms with Crippen LogP contribution in [0.4, 0.5) is 4.39 Å². The average Bonchev–Trinajstić information content (AvgIpc) is 2.48. The van der Waals surface area contributed by atoms with Gasteiger partial charge in [-0.25, -0.2) is 4.39 Å². The molecule has 1 saturated heterocycles. The summed E-state index contributed by atoms with van der Waals surface area (Å²) in [7, 11) is 3.21. The van der Waals surface area contributed by atoms with E-state index in [0.717, 1.165) is 31.7 Å². The molecule has 21 heavy (non-hydrogen) atoms. The fourth-order valence-electron chi connectivity index (χ4n) is 2.41.